The Morgan fingerprint density at radius 3 is 2.67 bits per heavy atom. The Morgan fingerprint density at radius 1 is 1.33 bits per heavy atom. The fraction of sp³-hybridized carbons (Fsp3) is 0.333. The highest BCUT2D eigenvalue weighted by Gasteiger charge is 2.46. The topological polar surface area (TPSA) is 79.4 Å². The molecular weight excluding hydrogens is 234 g/mol. The van der Waals surface area contributed by atoms with Crippen LogP contribution in [0.1, 0.15) is 19.4 Å². The average Bonchev–Trinajstić information content (AvgIpc) is 2.34. The molecule has 0 aromatic carbocycles. The maximum Gasteiger partial charge on any atom is 0.331 e. The lowest BCUT2D eigenvalue weighted by atomic mass is 9.88. The molecule has 2 heterocycles. The van der Waals surface area contributed by atoms with Crippen LogP contribution in [0.5, 0.6) is 0 Å². The van der Waals surface area contributed by atoms with Gasteiger partial charge < -0.3 is 0 Å². The number of barbiturate groups is 1. The zero-order valence-corrected chi connectivity index (χ0v) is 10.1. The number of nitrogens with one attached hydrogen (secondary N) is 1. The van der Waals surface area contributed by atoms with E-state index in [0.29, 0.717) is 0 Å². The van der Waals surface area contributed by atoms with Crippen molar-refractivity contribution in [3.63, 3.8) is 0 Å². The molecule has 1 saturated heterocycles. The first-order chi connectivity index (χ1) is 8.43. The predicted molar refractivity (Wildman–Crippen MR) is 62.1 cm³/mol. The SMILES string of the molecule is CC1(C)C(=O)NC(=O)N(Cc2cccnc2)C1=O. The Labute approximate surface area is 104 Å². The molecule has 94 valence electrons. The van der Waals surface area contributed by atoms with Crippen molar-refractivity contribution in [2.75, 3.05) is 0 Å². The fourth-order valence-corrected chi connectivity index (χ4v) is 1.67. The number of imide groups is 2. The summed E-state index contributed by atoms with van der Waals surface area (Å²) in [6, 6.07) is 2.79. The Kier molecular flexibility index (Phi) is 2.86. The first-order valence-corrected chi connectivity index (χ1v) is 5.49. The van der Waals surface area contributed by atoms with E-state index >= 15 is 0 Å². The van der Waals surface area contributed by atoms with Crippen LogP contribution in [-0.4, -0.2) is 27.7 Å². The van der Waals surface area contributed by atoms with Gasteiger partial charge in [0.25, 0.3) is 0 Å². The van der Waals surface area contributed by atoms with Gasteiger partial charge in [0.1, 0.15) is 5.41 Å². The molecule has 0 aliphatic carbocycles. The number of hydrogen-bond acceptors (Lipinski definition) is 4. The van der Waals surface area contributed by atoms with E-state index < -0.39 is 23.3 Å². The van der Waals surface area contributed by atoms with Crippen LogP contribution in [0.2, 0.25) is 0 Å². The minimum atomic E-state index is -1.23. The largest absolute Gasteiger partial charge is 0.331 e. The maximum atomic E-state index is 12.1. The normalized spacial score (nSPS) is 18.8. The summed E-state index contributed by atoms with van der Waals surface area (Å²) >= 11 is 0. The minimum absolute atomic E-state index is 0.106. The Morgan fingerprint density at radius 2 is 2.06 bits per heavy atom. The molecule has 2 rings (SSSR count). The number of urea groups is 1. The van der Waals surface area contributed by atoms with Crippen molar-refractivity contribution in [1.29, 1.82) is 0 Å². The summed E-state index contributed by atoms with van der Waals surface area (Å²) < 4.78 is 0. The average molecular weight is 247 g/mol. The summed E-state index contributed by atoms with van der Waals surface area (Å²) in [6.45, 7) is 3.09. The highest BCUT2D eigenvalue weighted by atomic mass is 16.2. The summed E-state index contributed by atoms with van der Waals surface area (Å²) in [7, 11) is 0. The molecule has 1 aliphatic heterocycles. The number of carbonyl (C=O) groups is 3. The smallest absolute Gasteiger partial charge is 0.277 e. The van der Waals surface area contributed by atoms with Crippen LogP contribution >= 0.6 is 0 Å². The van der Waals surface area contributed by atoms with Crippen LogP contribution in [0, 0.1) is 5.41 Å². The molecule has 4 amide bonds. The lowest BCUT2D eigenvalue weighted by Crippen LogP contribution is -2.61. The van der Waals surface area contributed by atoms with Gasteiger partial charge in [0.05, 0.1) is 6.54 Å². The van der Waals surface area contributed by atoms with E-state index in [1.807, 2.05) is 0 Å². The molecule has 0 unspecified atom stereocenters. The van der Waals surface area contributed by atoms with Crippen LogP contribution in [0.3, 0.4) is 0 Å². The number of amides is 4. The summed E-state index contributed by atoms with van der Waals surface area (Å²) in [5.41, 5.74) is -0.498. The molecule has 1 aromatic heterocycles. The van der Waals surface area contributed by atoms with Crippen molar-refractivity contribution in [2.24, 2.45) is 5.41 Å². The van der Waals surface area contributed by atoms with E-state index in [4.69, 9.17) is 0 Å². The monoisotopic (exact) mass is 247 g/mol. The van der Waals surface area contributed by atoms with E-state index in [0.717, 1.165) is 10.5 Å². The van der Waals surface area contributed by atoms with E-state index in [2.05, 4.69) is 10.3 Å². The van der Waals surface area contributed by atoms with Crippen LogP contribution in [0.4, 0.5) is 4.79 Å². The molecule has 1 aliphatic rings. The van der Waals surface area contributed by atoms with Crippen LogP contribution in [-0.2, 0) is 16.1 Å². The molecule has 6 heteroatoms. The molecule has 1 fully saturated rings. The Bertz CT molecular complexity index is 511. The van der Waals surface area contributed by atoms with E-state index in [1.165, 1.54) is 13.8 Å². The third-order valence-corrected chi connectivity index (χ3v) is 2.88. The van der Waals surface area contributed by atoms with Gasteiger partial charge in [-0.1, -0.05) is 6.07 Å². The van der Waals surface area contributed by atoms with Crippen LogP contribution < -0.4 is 5.32 Å². The predicted octanol–water partition coefficient (Wildman–Crippen LogP) is 0.686. The van der Waals surface area contributed by atoms with Crippen molar-refractivity contribution in [3.05, 3.63) is 30.1 Å². The Balaban J connectivity index is 2.25. The first kappa shape index (κ1) is 12.2. The highest BCUT2D eigenvalue weighted by Crippen LogP contribution is 2.24. The van der Waals surface area contributed by atoms with Gasteiger partial charge in [-0.05, 0) is 25.5 Å². The van der Waals surface area contributed by atoms with Gasteiger partial charge in [-0.2, -0.15) is 0 Å². The van der Waals surface area contributed by atoms with Gasteiger partial charge in [0.2, 0.25) is 11.8 Å². The number of nitrogens with zero attached hydrogens (tertiary/aromatic N) is 2. The molecule has 0 bridgehead atoms. The third kappa shape index (κ3) is 1.97. The standard InChI is InChI=1S/C12H13N3O3/c1-12(2)9(16)14-11(18)15(10(12)17)7-8-4-3-5-13-6-8/h3-6H,7H2,1-2H3,(H,14,16,18). The first-order valence-electron chi connectivity index (χ1n) is 5.49. The molecule has 1 N–H and O–H groups in total. The van der Waals surface area contributed by atoms with Crippen LogP contribution in [0.15, 0.2) is 24.5 Å². The van der Waals surface area contributed by atoms with Crippen molar-refractivity contribution in [1.82, 2.24) is 15.2 Å². The number of aromatic nitrogens is 1. The molecular formula is C12H13N3O3. The van der Waals surface area contributed by atoms with Crippen molar-refractivity contribution >= 4 is 17.8 Å². The number of carbonyl (C=O) groups excluding carboxylic acids is 3. The quantitative estimate of drug-likeness (QED) is 0.780. The Hall–Kier alpha value is -2.24. The summed E-state index contributed by atoms with van der Waals surface area (Å²) in [6.07, 6.45) is 3.18. The number of pyridine rings is 1. The van der Waals surface area contributed by atoms with E-state index in [-0.39, 0.29) is 6.54 Å². The second-order valence-electron chi connectivity index (χ2n) is 4.64. The zero-order valence-electron chi connectivity index (χ0n) is 10.1. The highest BCUT2D eigenvalue weighted by molar-refractivity contribution is 6.18. The minimum Gasteiger partial charge on any atom is -0.277 e. The molecule has 0 saturated carbocycles. The van der Waals surface area contributed by atoms with Gasteiger partial charge in [-0.25, -0.2) is 4.79 Å². The lowest BCUT2D eigenvalue weighted by molar-refractivity contribution is -0.149. The zero-order chi connectivity index (χ0) is 13.3. The molecule has 18 heavy (non-hydrogen) atoms. The lowest BCUT2D eigenvalue weighted by Gasteiger charge is -2.34. The second-order valence-corrected chi connectivity index (χ2v) is 4.64. The van der Waals surface area contributed by atoms with Crippen molar-refractivity contribution in [3.8, 4) is 0 Å². The third-order valence-electron chi connectivity index (χ3n) is 2.88. The van der Waals surface area contributed by atoms with Gasteiger partial charge >= 0.3 is 6.03 Å². The van der Waals surface area contributed by atoms with Crippen molar-refractivity contribution < 1.29 is 14.4 Å². The van der Waals surface area contributed by atoms with Gasteiger partial charge in [-0.15, -0.1) is 0 Å². The second kappa shape index (κ2) is 4.21. The number of rotatable bonds is 2. The summed E-state index contributed by atoms with van der Waals surface area (Å²) in [5.74, 6) is -1.07. The fourth-order valence-electron chi connectivity index (χ4n) is 1.67. The van der Waals surface area contributed by atoms with E-state index in [1.54, 1.807) is 24.5 Å². The van der Waals surface area contributed by atoms with Crippen LogP contribution in [0.25, 0.3) is 0 Å². The molecule has 1 aromatic rings. The van der Waals surface area contributed by atoms with Crippen molar-refractivity contribution in [2.45, 2.75) is 20.4 Å². The van der Waals surface area contributed by atoms with Gasteiger partial charge in [0.15, 0.2) is 0 Å². The number of hydrogen-bond donors (Lipinski definition) is 1. The van der Waals surface area contributed by atoms with E-state index in [9.17, 15) is 14.4 Å². The van der Waals surface area contributed by atoms with Gasteiger partial charge in [-0.3, -0.25) is 24.8 Å². The maximum absolute atomic E-state index is 12.1. The molecule has 6 nitrogen and oxygen atoms in total. The van der Waals surface area contributed by atoms with Gasteiger partial charge in [0, 0.05) is 12.4 Å². The summed E-state index contributed by atoms with van der Waals surface area (Å²) in [5, 5.41) is 2.18. The molecule has 0 radical (unpaired) electrons. The summed E-state index contributed by atoms with van der Waals surface area (Å²) in [4.78, 5) is 40.2. The molecule has 0 spiro atoms. The molecule has 0 atom stereocenters.